The van der Waals surface area contributed by atoms with E-state index < -0.39 is 0 Å². The Labute approximate surface area is 127 Å². The molecule has 0 bridgehead atoms. The smallest absolute Gasteiger partial charge is 0.253 e. The second-order valence-electron chi connectivity index (χ2n) is 4.86. The molecule has 2 rings (SSSR count). The Morgan fingerprint density at radius 3 is 2.30 bits per heavy atom. The fourth-order valence-corrected chi connectivity index (χ4v) is 2.43. The van der Waals surface area contributed by atoms with Crippen molar-refractivity contribution in [2.75, 3.05) is 14.1 Å². The van der Waals surface area contributed by atoms with Crippen molar-refractivity contribution in [2.45, 2.75) is 6.04 Å². The third-order valence-electron chi connectivity index (χ3n) is 3.11. The first-order valence-electron chi connectivity index (χ1n) is 6.31. The van der Waals surface area contributed by atoms with E-state index in [1.54, 1.807) is 25.1 Å². The van der Waals surface area contributed by atoms with Gasteiger partial charge in [-0.15, -0.1) is 0 Å². The lowest BCUT2D eigenvalue weighted by molar-refractivity contribution is 0.0827. The van der Waals surface area contributed by atoms with E-state index in [4.69, 9.17) is 5.73 Å². The van der Waals surface area contributed by atoms with Crippen LogP contribution in [0.3, 0.4) is 0 Å². The van der Waals surface area contributed by atoms with Gasteiger partial charge in [0, 0.05) is 24.1 Å². The summed E-state index contributed by atoms with van der Waals surface area (Å²) in [5.41, 5.74) is 8.87. The van der Waals surface area contributed by atoms with E-state index >= 15 is 0 Å². The van der Waals surface area contributed by atoms with Crippen LogP contribution in [-0.2, 0) is 0 Å². The molecular formula is C16H17BrN2O. The number of carbonyl (C=O) groups excluding carboxylic acids is 1. The van der Waals surface area contributed by atoms with E-state index in [1.165, 1.54) is 0 Å². The molecule has 0 spiro atoms. The molecule has 0 radical (unpaired) electrons. The number of rotatable bonds is 3. The van der Waals surface area contributed by atoms with Crippen molar-refractivity contribution in [2.24, 2.45) is 5.73 Å². The summed E-state index contributed by atoms with van der Waals surface area (Å²) in [5.74, 6) is -0.0201. The fraction of sp³-hybridized carbons (Fsp3) is 0.188. The minimum atomic E-state index is -0.248. The molecule has 3 nitrogen and oxygen atoms in total. The lowest BCUT2D eigenvalue weighted by Gasteiger charge is -2.15. The highest BCUT2D eigenvalue weighted by Crippen LogP contribution is 2.23. The van der Waals surface area contributed by atoms with Crippen LogP contribution in [0, 0.1) is 0 Å². The Hall–Kier alpha value is -1.65. The number of halogens is 1. The SMILES string of the molecule is CN(C)C(=O)c1cccc([C@@H](N)c2cccc(Br)c2)c1. The van der Waals surface area contributed by atoms with Crippen LogP contribution in [0.1, 0.15) is 27.5 Å². The maximum absolute atomic E-state index is 12.0. The highest BCUT2D eigenvalue weighted by atomic mass is 79.9. The predicted octanol–water partition coefficient (Wildman–Crippen LogP) is 3.20. The summed E-state index contributed by atoms with van der Waals surface area (Å²) in [7, 11) is 3.48. The molecular weight excluding hydrogens is 316 g/mol. The van der Waals surface area contributed by atoms with Crippen LogP contribution in [0.25, 0.3) is 0 Å². The molecule has 4 heteroatoms. The summed E-state index contributed by atoms with van der Waals surface area (Å²) in [6.45, 7) is 0. The summed E-state index contributed by atoms with van der Waals surface area (Å²) in [5, 5.41) is 0. The molecule has 1 amide bonds. The molecule has 2 aromatic rings. The Morgan fingerprint density at radius 2 is 1.70 bits per heavy atom. The first kappa shape index (κ1) is 14.8. The molecule has 0 aromatic heterocycles. The molecule has 0 aliphatic carbocycles. The molecule has 0 heterocycles. The molecule has 2 N–H and O–H groups in total. The number of nitrogens with two attached hydrogens (primary N) is 1. The van der Waals surface area contributed by atoms with Crippen LogP contribution in [-0.4, -0.2) is 24.9 Å². The van der Waals surface area contributed by atoms with E-state index in [1.807, 2.05) is 42.5 Å². The summed E-state index contributed by atoms with van der Waals surface area (Å²) >= 11 is 3.44. The van der Waals surface area contributed by atoms with Crippen molar-refractivity contribution in [1.29, 1.82) is 0 Å². The van der Waals surface area contributed by atoms with Gasteiger partial charge in [-0.3, -0.25) is 4.79 Å². The summed E-state index contributed by atoms with van der Waals surface area (Å²) in [6, 6.07) is 15.1. The zero-order valence-corrected chi connectivity index (χ0v) is 13.1. The first-order valence-corrected chi connectivity index (χ1v) is 7.11. The number of hydrogen-bond acceptors (Lipinski definition) is 2. The molecule has 0 unspecified atom stereocenters. The van der Waals surface area contributed by atoms with Gasteiger partial charge >= 0.3 is 0 Å². The number of hydrogen-bond donors (Lipinski definition) is 1. The molecule has 2 aromatic carbocycles. The maximum Gasteiger partial charge on any atom is 0.253 e. The first-order chi connectivity index (χ1) is 9.49. The molecule has 0 aliphatic heterocycles. The van der Waals surface area contributed by atoms with Crippen LogP contribution in [0.5, 0.6) is 0 Å². The van der Waals surface area contributed by atoms with Crippen LogP contribution < -0.4 is 5.73 Å². The van der Waals surface area contributed by atoms with Crippen molar-refractivity contribution in [3.8, 4) is 0 Å². The zero-order chi connectivity index (χ0) is 14.7. The van der Waals surface area contributed by atoms with E-state index in [0.717, 1.165) is 15.6 Å². The number of benzene rings is 2. The highest BCUT2D eigenvalue weighted by molar-refractivity contribution is 9.10. The topological polar surface area (TPSA) is 46.3 Å². The number of carbonyl (C=O) groups is 1. The van der Waals surface area contributed by atoms with Crippen molar-refractivity contribution in [1.82, 2.24) is 4.90 Å². The summed E-state index contributed by atoms with van der Waals surface area (Å²) in [4.78, 5) is 13.5. The third-order valence-corrected chi connectivity index (χ3v) is 3.60. The van der Waals surface area contributed by atoms with Gasteiger partial charge in [-0.2, -0.15) is 0 Å². The zero-order valence-electron chi connectivity index (χ0n) is 11.5. The molecule has 1 atom stereocenters. The predicted molar refractivity (Wildman–Crippen MR) is 84.6 cm³/mol. The minimum Gasteiger partial charge on any atom is -0.345 e. The Morgan fingerprint density at radius 1 is 1.10 bits per heavy atom. The molecule has 0 saturated carbocycles. The van der Waals surface area contributed by atoms with Crippen molar-refractivity contribution in [3.05, 3.63) is 69.7 Å². The van der Waals surface area contributed by atoms with E-state index in [-0.39, 0.29) is 11.9 Å². The Balaban J connectivity index is 2.33. The average molecular weight is 333 g/mol. The van der Waals surface area contributed by atoms with Gasteiger partial charge in [-0.05, 0) is 35.4 Å². The van der Waals surface area contributed by atoms with Gasteiger partial charge in [0.25, 0.3) is 5.91 Å². The lowest BCUT2D eigenvalue weighted by Crippen LogP contribution is -2.22. The monoisotopic (exact) mass is 332 g/mol. The number of nitrogens with zero attached hydrogens (tertiary/aromatic N) is 1. The molecule has 0 aliphatic rings. The fourth-order valence-electron chi connectivity index (χ4n) is 2.02. The Bertz CT molecular complexity index is 625. The molecule has 20 heavy (non-hydrogen) atoms. The van der Waals surface area contributed by atoms with E-state index in [9.17, 15) is 4.79 Å². The van der Waals surface area contributed by atoms with Gasteiger partial charge < -0.3 is 10.6 Å². The molecule has 104 valence electrons. The maximum atomic E-state index is 12.0. The third kappa shape index (κ3) is 3.26. The minimum absolute atomic E-state index is 0.0201. The Kier molecular flexibility index (Phi) is 4.57. The standard InChI is InChI=1S/C16H17BrN2O/c1-19(2)16(20)13-7-3-5-11(9-13)15(18)12-6-4-8-14(17)10-12/h3-10,15H,18H2,1-2H3/t15-/m1/s1. The molecule has 0 fully saturated rings. The van der Waals surface area contributed by atoms with Crippen molar-refractivity contribution in [3.63, 3.8) is 0 Å². The quantitative estimate of drug-likeness (QED) is 0.938. The second kappa shape index (κ2) is 6.20. The van der Waals surface area contributed by atoms with Gasteiger partial charge in [0.05, 0.1) is 6.04 Å². The summed E-state index contributed by atoms with van der Waals surface area (Å²) in [6.07, 6.45) is 0. The van der Waals surface area contributed by atoms with Crippen molar-refractivity contribution >= 4 is 21.8 Å². The van der Waals surface area contributed by atoms with E-state index in [2.05, 4.69) is 15.9 Å². The van der Waals surface area contributed by atoms with Gasteiger partial charge in [-0.25, -0.2) is 0 Å². The number of amides is 1. The van der Waals surface area contributed by atoms with E-state index in [0.29, 0.717) is 5.56 Å². The van der Waals surface area contributed by atoms with Gasteiger partial charge in [0.15, 0.2) is 0 Å². The van der Waals surface area contributed by atoms with Crippen molar-refractivity contribution < 1.29 is 4.79 Å². The largest absolute Gasteiger partial charge is 0.345 e. The highest BCUT2D eigenvalue weighted by Gasteiger charge is 2.13. The second-order valence-corrected chi connectivity index (χ2v) is 5.77. The van der Waals surface area contributed by atoms with Crippen LogP contribution in [0.15, 0.2) is 53.0 Å². The average Bonchev–Trinajstić information content (AvgIpc) is 2.45. The summed E-state index contributed by atoms with van der Waals surface area (Å²) < 4.78 is 0.992. The van der Waals surface area contributed by atoms with Crippen LogP contribution >= 0.6 is 15.9 Å². The van der Waals surface area contributed by atoms with Crippen LogP contribution in [0.4, 0.5) is 0 Å². The van der Waals surface area contributed by atoms with Crippen LogP contribution in [0.2, 0.25) is 0 Å². The van der Waals surface area contributed by atoms with Gasteiger partial charge in [0.1, 0.15) is 0 Å². The lowest BCUT2D eigenvalue weighted by atomic mass is 9.98. The van der Waals surface area contributed by atoms with Gasteiger partial charge in [-0.1, -0.05) is 40.2 Å². The molecule has 0 saturated heterocycles. The normalized spacial score (nSPS) is 12.0. The van der Waals surface area contributed by atoms with Gasteiger partial charge in [0.2, 0.25) is 0 Å².